The maximum atomic E-state index is 5.70. The van der Waals surface area contributed by atoms with Gasteiger partial charge in [0.05, 0.1) is 19.8 Å². The second-order valence-corrected chi connectivity index (χ2v) is 6.35. The summed E-state index contributed by atoms with van der Waals surface area (Å²) in [6.07, 6.45) is 5.33. The van der Waals surface area contributed by atoms with Crippen LogP contribution in [0.25, 0.3) is 0 Å². The topological polar surface area (TPSA) is 33.7 Å². The molecule has 0 spiro atoms. The lowest BCUT2D eigenvalue weighted by molar-refractivity contribution is 0.120. The number of halogens is 2. The van der Waals surface area contributed by atoms with Gasteiger partial charge >= 0.3 is 0 Å². The van der Waals surface area contributed by atoms with E-state index in [1.165, 1.54) is 31.2 Å². The molecule has 3 rings (SSSR count). The summed E-state index contributed by atoms with van der Waals surface area (Å²) in [4.78, 5) is 2.63. The average Bonchev–Trinajstić information content (AvgIpc) is 3.10. The lowest BCUT2D eigenvalue weighted by atomic mass is 9.88. The Morgan fingerprint density at radius 3 is 2.04 bits per heavy atom. The molecule has 0 unspecified atom stereocenters. The molecule has 1 aromatic rings. The van der Waals surface area contributed by atoms with Gasteiger partial charge in [-0.3, -0.25) is 4.90 Å². The first-order valence-corrected chi connectivity index (χ1v) is 8.51. The lowest BCUT2D eigenvalue weighted by Gasteiger charge is -2.39. The standard InChI is InChI=1S/C18H28N2O2.2ClH/c1-21-15-8-5-9-16(22-2)17(15)18(14-6-3-4-7-14)20-12-10-19-11-13-20;;/h5,8-9,14,18-19H,3-4,6-7,10-13H2,1-2H3;2*1H/t18-;;/m1../s1. The molecule has 1 atom stereocenters. The zero-order valence-corrected chi connectivity index (χ0v) is 16.3. The van der Waals surface area contributed by atoms with Gasteiger partial charge in [-0.1, -0.05) is 18.9 Å². The predicted octanol–water partition coefficient (Wildman–Crippen LogP) is 3.68. The third-order valence-corrected chi connectivity index (χ3v) is 5.15. The first-order valence-electron chi connectivity index (χ1n) is 8.51. The molecule has 0 bridgehead atoms. The predicted molar refractivity (Wildman–Crippen MR) is 103 cm³/mol. The molecule has 0 amide bonds. The van der Waals surface area contributed by atoms with Crippen molar-refractivity contribution < 1.29 is 9.47 Å². The highest BCUT2D eigenvalue weighted by Gasteiger charge is 2.35. The van der Waals surface area contributed by atoms with E-state index in [1.807, 2.05) is 6.07 Å². The van der Waals surface area contributed by atoms with Gasteiger partial charge in [-0.25, -0.2) is 0 Å². The van der Waals surface area contributed by atoms with Gasteiger partial charge in [-0.05, 0) is 30.9 Å². The van der Waals surface area contributed by atoms with E-state index < -0.39 is 0 Å². The highest BCUT2D eigenvalue weighted by molar-refractivity contribution is 5.85. The zero-order chi connectivity index (χ0) is 15.4. The average molecular weight is 377 g/mol. The minimum absolute atomic E-state index is 0. The summed E-state index contributed by atoms with van der Waals surface area (Å²) in [5, 5.41) is 3.46. The fraction of sp³-hybridized carbons (Fsp3) is 0.667. The van der Waals surface area contributed by atoms with Gasteiger partial charge in [0.2, 0.25) is 0 Å². The molecule has 2 aliphatic rings. The lowest BCUT2D eigenvalue weighted by Crippen LogP contribution is -2.46. The van der Waals surface area contributed by atoms with Gasteiger partial charge < -0.3 is 14.8 Å². The van der Waals surface area contributed by atoms with E-state index in [2.05, 4.69) is 22.3 Å². The Morgan fingerprint density at radius 1 is 1.00 bits per heavy atom. The van der Waals surface area contributed by atoms with E-state index in [1.54, 1.807) is 14.2 Å². The van der Waals surface area contributed by atoms with Crippen molar-refractivity contribution >= 4 is 24.8 Å². The van der Waals surface area contributed by atoms with Crippen LogP contribution >= 0.6 is 24.8 Å². The molecule has 1 N–H and O–H groups in total. The third-order valence-electron chi connectivity index (χ3n) is 5.15. The van der Waals surface area contributed by atoms with Crippen LogP contribution < -0.4 is 14.8 Å². The van der Waals surface area contributed by atoms with Crippen molar-refractivity contribution in [1.29, 1.82) is 0 Å². The maximum Gasteiger partial charge on any atom is 0.127 e. The van der Waals surface area contributed by atoms with Gasteiger partial charge in [0.15, 0.2) is 0 Å². The van der Waals surface area contributed by atoms with Crippen LogP contribution in [0.2, 0.25) is 0 Å². The zero-order valence-electron chi connectivity index (χ0n) is 14.6. The van der Waals surface area contributed by atoms with E-state index in [0.29, 0.717) is 12.0 Å². The van der Waals surface area contributed by atoms with Crippen LogP contribution in [0, 0.1) is 5.92 Å². The summed E-state index contributed by atoms with van der Waals surface area (Å²) in [7, 11) is 3.53. The Bertz CT molecular complexity index is 468. The molecule has 1 saturated carbocycles. The number of methoxy groups -OCH3 is 2. The molecule has 0 radical (unpaired) electrons. The molecule has 2 fully saturated rings. The smallest absolute Gasteiger partial charge is 0.127 e. The third kappa shape index (κ3) is 4.48. The molecule has 1 aliphatic carbocycles. The fourth-order valence-corrected chi connectivity index (χ4v) is 4.12. The van der Waals surface area contributed by atoms with Crippen molar-refractivity contribution in [2.45, 2.75) is 31.7 Å². The summed E-state index contributed by atoms with van der Waals surface area (Å²) >= 11 is 0. The molecule has 1 heterocycles. The quantitative estimate of drug-likeness (QED) is 0.849. The normalized spacial score (nSPS) is 19.9. The van der Waals surface area contributed by atoms with E-state index >= 15 is 0 Å². The molecule has 1 aromatic carbocycles. The van der Waals surface area contributed by atoms with Crippen LogP contribution in [0.1, 0.15) is 37.3 Å². The minimum atomic E-state index is 0. The van der Waals surface area contributed by atoms with Gasteiger partial charge in [-0.15, -0.1) is 24.8 Å². The van der Waals surface area contributed by atoms with E-state index in [-0.39, 0.29) is 24.8 Å². The SMILES string of the molecule is COc1cccc(OC)c1[C@@H](C1CCCC1)N1CCNCC1.Cl.Cl. The molecule has 4 nitrogen and oxygen atoms in total. The highest BCUT2D eigenvalue weighted by atomic mass is 35.5. The largest absolute Gasteiger partial charge is 0.496 e. The van der Waals surface area contributed by atoms with Gasteiger partial charge in [0.25, 0.3) is 0 Å². The summed E-state index contributed by atoms with van der Waals surface area (Å²) in [5.74, 6) is 2.65. The number of nitrogens with zero attached hydrogens (tertiary/aromatic N) is 1. The number of hydrogen-bond acceptors (Lipinski definition) is 4. The van der Waals surface area contributed by atoms with E-state index in [9.17, 15) is 0 Å². The summed E-state index contributed by atoms with van der Waals surface area (Å²) in [6, 6.07) is 6.57. The van der Waals surface area contributed by atoms with Crippen LogP contribution in [-0.2, 0) is 0 Å². The number of nitrogens with one attached hydrogen (secondary N) is 1. The van der Waals surface area contributed by atoms with Crippen molar-refractivity contribution in [1.82, 2.24) is 10.2 Å². The molecule has 1 saturated heterocycles. The van der Waals surface area contributed by atoms with Crippen molar-refractivity contribution in [2.24, 2.45) is 5.92 Å². The fourth-order valence-electron chi connectivity index (χ4n) is 4.12. The molecule has 138 valence electrons. The highest BCUT2D eigenvalue weighted by Crippen LogP contribution is 2.46. The number of benzene rings is 1. The number of rotatable bonds is 5. The Hall–Kier alpha value is -0.680. The monoisotopic (exact) mass is 376 g/mol. The van der Waals surface area contributed by atoms with Crippen LogP contribution in [0.4, 0.5) is 0 Å². The second kappa shape index (κ2) is 10.3. The van der Waals surface area contributed by atoms with E-state index in [0.717, 1.165) is 37.7 Å². The Labute approximate surface area is 158 Å². The Balaban J connectivity index is 0.00000144. The molecule has 24 heavy (non-hydrogen) atoms. The first kappa shape index (κ1) is 21.4. The Morgan fingerprint density at radius 2 is 1.54 bits per heavy atom. The maximum absolute atomic E-state index is 5.70. The minimum Gasteiger partial charge on any atom is -0.496 e. The molecule has 0 aromatic heterocycles. The first-order chi connectivity index (χ1) is 10.8. The van der Waals surface area contributed by atoms with Crippen LogP contribution in [0.5, 0.6) is 11.5 Å². The van der Waals surface area contributed by atoms with Crippen LogP contribution in [-0.4, -0.2) is 45.3 Å². The van der Waals surface area contributed by atoms with Crippen LogP contribution in [0.3, 0.4) is 0 Å². The van der Waals surface area contributed by atoms with Crippen LogP contribution in [0.15, 0.2) is 18.2 Å². The van der Waals surface area contributed by atoms with Gasteiger partial charge in [-0.2, -0.15) is 0 Å². The van der Waals surface area contributed by atoms with E-state index in [4.69, 9.17) is 9.47 Å². The molecular weight excluding hydrogens is 347 g/mol. The van der Waals surface area contributed by atoms with Crippen molar-refractivity contribution in [2.75, 3.05) is 40.4 Å². The summed E-state index contributed by atoms with van der Waals surface area (Å²) in [6.45, 7) is 4.34. The van der Waals surface area contributed by atoms with Crippen molar-refractivity contribution in [3.63, 3.8) is 0 Å². The van der Waals surface area contributed by atoms with Crippen molar-refractivity contribution in [3.8, 4) is 11.5 Å². The number of ether oxygens (including phenoxy) is 2. The Kier molecular flexibility index (Phi) is 9.21. The molecule has 6 heteroatoms. The summed E-state index contributed by atoms with van der Waals surface area (Å²) < 4.78 is 11.4. The molecular formula is C18H30Cl2N2O2. The second-order valence-electron chi connectivity index (χ2n) is 6.35. The number of hydrogen-bond donors (Lipinski definition) is 1. The van der Waals surface area contributed by atoms with Gasteiger partial charge in [0.1, 0.15) is 11.5 Å². The van der Waals surface area contributed by atoms with Crippen molar-refractivity contribution in [3.05, 3.63) is 23.8 Å². The number of piperazine rings is 1. The molecule has 1 aliphatic heterocycles. The van der Waals surface area contributed by atoms with Gasteiger partial charge in [0, 0.05) is 32.2 Å². The summed E-state index contributed by atoms with van der Waals surface area (Å²) in [5.41, 5.74) is 1.25.